The maximum absolute atomic E-state index is 14.1. The topological polar surface area (TPSA) is 177 Å². The fraction of sp³-hybridized carbons (Fsp3) is 0.567. The van der Waals surface area contributed by atoms with Crippen LogP contribution in [-0.4, -0.2) is 89.2 Å². The van der Waals surface area contributed by atoms with Gasteiger partial charge in [0.1, 0.15) is 22.8 Å². The maximum Gasteiger partial charge on any atom is 0.255 e. The highest BCUT2D eigenvalue weighted by molar-refractivity contribution is 6.24. The summed E-state index contributed by atoms with van der Waals surface area (Å²) < 4.78 is 0. The molecule has 0 saturated carbocycles. The van der Waals surface area contributed by atoms with Crippen LogP contribution >= 0.6 is 0 Å². The Labute approximate surface area is 240 Å². The predicted molar refractivity (Wildman–Crippen MR) is 154 cm³/mol. The molecule has 0 saturated heterocycles. The van der Waals surface area contributed by atoms with Crippen LogP contribution in [0.25, 0.3) is 0 Å². The number of aliphatic hydroxyl groups excluding tert-OH is 2. The number of fused-ring (bicyclic) bond motifs is 3. The molecule has 2 unspecified atom stereocenters. The molecule has 0 bridgehead atoms. The number of amides is 1. The summed E-state index contributed by atoms with van der Waals surface area (Å²) in [6.07, 6.45) is 2.32. The number of benzene rings is 1. The van der Waals surface area contributed by atoms with Crippen molar-refractivity contribution in [1.29, 1.82) is 0 Å². The number of aromatic hydroxyl groups is 1. The number of allylic oxidation sites excluding steroid dienone is 1. The van der Waals surface area contributed by atoms with Gasteiger partial charge in [0, 0.05) is 43.4 Å². The molecule has 0 fully saturated rings. The fourth-order valence-electron chi connectivity index (χ4n) is 6.88. The van der Waals surface area contributed by atoms with Crippen molar-refractivity contribution in [3.63, 3.8) is 0 Å². The van der Waals surface area contributed by atoms with E-state index in [0.29, 0.717) is 23.6 Å². The number of ketones is 2. The fourth-order valence-corrected chi connectivity index (χ4v) is 6.88. The third-order valence-electron chi connectivity index (χ3n) is 9.16. The summed E-state index contributed by atoms with van der Waals surface area (Å²) in [5.41, 5.74) is 3.66. The molecule has 1 aromatic rings. The number of nitrogens with two attached hydrogens (primary N) is 1. The second-order valence-electron chi connectivity index (χ2n) is 11.9. The van der Waals surface area contributed by atoms with Crippen LogP contribution in [0.3, 0.4) is 0 Å². The number of hydrogen-bond donors (Lipinski definition) is 6. The lowest BCUT2D eigenvalue weighted by Crippen LogP contribution is -2.63. The molecule has 11 heteroatoms. The van der Waals surface area contributed by atoms with Crippen LogP contribution in [0.1, 0.15) is 54.6 Å². The first kappa shape index (κ1) is 30.5. The van der Waals surface area contributed by atoms with Crippen molar-refractivity contribution in [3.05, 3.63) is 45.4 Å². The molecule has 3 aliphatic carbocycles. The lowest BCUT2D eigenvalue weighted by atomic mass is 9.58. The second-order valence-corrected chi connectivity index (χ2v) is 11.9. The molecule has 1 aromatic carbocycles. The second kappa shape index (κ2) is 11.1. The highest BCUT2D eigenvalue weighted by Crippen LogP contribution is 2.53. The van der Waals surface area contributed by atoms with Gasteiger partial charge in [-0.1, -0.05) is 26.7 Å². The van der Waals surface area contributed by atoms with Crippen LogP contribution in [0, 0.1) is 17.8 Å². The summed E-state index contributed by atoms with van der Waals surface area (Å²) in [6, 6.07) is 0.834. The van der Waals surface area contributed by atoms with Gasteiger partial charge in [-0.05, 0) is 56.9 Å². The third kappa shape index (κ3) is 4.69. The van der Waals surface area contributed by atoms with Gasteiger partial charge in [0.05, 0.1) is 11.6 Å². The SMILES string of the molecule is CCC(CC)CNCc1cc(N(C)C)c2c(c1O)C(=O)C1=C(O)[C@]3(O)C(=O)C(C(N)=O)=C(O)C(N(C)C)[C@@H]3CC1C2. The van der Waals surface area contributed by atoms with E-state index in [-0.39, 0.29) is 29.7 Å². The number of carbonyl (C=O) groups is 3. The van der Waals surface area contributed by atoms with E-state index in [0.717, 1.165) is 25.1 Å². The summed E-state index contributed by atoms with van der Waals surface area (Å²) >= 11 is 0. The molecule has 4 rings (SSSR count). The monoisotopic (exact) mass is 570 g/mol. The minimum absolute atomic E-state index is 0.0244. The average Bonchev–Trinajstić information content (AvgIpc) is 2.89. The zero-order chi connectivity index (χ0) is 30.5. The van der Waals surface area contributed by atoms with Crippen LogP contribution in [-0.2, 0) is 22.6 Å². The predicted octanol–water partition coefficient (Wildman–Crippen LogP) is 1.71. The van der Waals surface area contributed by atoms with Gasteiger partial charge < -0.3 is 36.4 Å². The smallest absolute Gasteiger partial charge is 0.255 e. The Kier molecular flexibility index (Phi) is 8.28. The minimum Gasteiger partial charge on any atom is -0.510 e. The van der Waals surface area contributed by atoms with Crippen molar-refractivity contribution in [2.24, 2.45) is 23.5 Å². The molecule has 11 nitrogen and oxygen atoms in total. The average molecular weight is 571 g/mol. The largest absolute Gasteiger partial charge is 0.510 e. The molecule has 0 spiro atoms. The Bertz CT molecular complexity index is 1340. The number of likely N-dealkylation sites (N-methyl/N-ethyl adjacent to an activating group) is 1. The number of primary amides is 1. The number of carbonyl (C=O) groups excluding carboxylic acids is 3. The van der Waals surface area contributed by atoms with Gasteiger partial charge >= 0.3 is 0 Å². The summed E-state index contributed by atoms with van der Waals surface area (Å²) in [4.78, 5) is 43.1. The lowest BCUT2D eigenvalue weighted by Gasteiger charge is -2.50. The van der Waals surface area contributed by atoms with Crippen molar-refractivity contribution >= 4 is 23.2 Å². The van der Waals surface area contributed by atoms with E-state index in [1.807, 2.05) is 25.1 Å². The van der Waals surface area contributed by atoms with E-state index < -0.39 is 58.0 Å². The van der Waals surface area contributed by atoms with Gasteiger partial charge in [-0.15, -0.1) is 0 Å². The van der Waals surface area contributed by atoms with Crippen LogP contribution in [0.4, 0.5) is 5.69 Å². The molecule has 7 N–H and O–H groups in total. The van der Waals surface area contributed by atoms with E-state index in [4.69, 9.17) is 5.73 Å². The Morgan fingerprint density at radius 3 is 2.32 bits per heavy atom. The number of phenolic OH excluding ortho intramolecular Hbond substituents is 1. The third-order valence-corrected chi connectivity index (χ3v) is 9.16. The van der Waals surface area contributed by atoms with E-state index in [9.17, 15) is 34.8 Å². The van der Waals surface area contributed by atoms with Crippen LogP contribution < -0.4 is 16.0 Å². The maximum atomic E-state index is 14.1. The van der Waals surface area contributed by atoms with E-state index >= 15 is 0 Å². The molecule has 0 aromatic heterocycles. The van der Waals surface area contributed by atoms with E-state index in [1.165, 1.54) is 4.90 Å². The number of anilines is 1. The Hall–Kier alpha value is -3.41. The van der Waals surface area contributed by atoms with Gasteiger partial charge in [-0.25, -0.2) is 0 Å². The summed E-state index contributed by atoms with van der Waals surface area (Å²) in [7, 11) is 6.90. The molecule has 41 heavy (non-hydrogen) atoms. The first-order valence-corrected chi connectivity index (χ1v) is 14.1. The number of hydrogen-bond acceptors (Lipinski definition) is 10. The Balaban J connectivity index is 1.86. The molecule has 224 valence electrons. The minimum atomic E-state index is -2.65. The number of rotatable bonds is 9. The van der Waals surface area contributed by atoms with Crippen molar-refractivity contribution in [1.82, 2.24) is 10.2 Å². The Morgan fingerprint density at radius 2 is 1.78 bits per heavy atom. The molecule has 3 aliphatic rings. The van der Waals surface area contributed by atoms with Crippen molar-refractivity contribution in [3.8, 4) is 5.75 Å². The molecule has 0 radical (unpaired) electrons. The normalized spacial score (nSPS) is 25.9. The standard InChI is InChI=1S/C30H42N4O7/c1-7-14(8-2)12-32-13-16-11-19(33(3)4)17-9-15-10-18-23(34(5)6)26(37)22(29(31)40)28(39)30(18,41)27(38)20(15)25(36)21(17)24(16)35/h11,14-15,18,23,32,35,37-38,41H,7-10,12-13H2,1-6H3,(H2,31,40)/t15?,18-,23?,30-/m0/s1. The highest BCUT2D eigenvalue weighted by atomic mass is 16.3. The summed E-state index contributed by atoms with van der Waals surface area (Å²) in [5.74, 6) is -6.03. The van der Waals surface area contributed by atoms with Crippen LogP contribution in [0.5, 0.6) is 5.75 Å². The Morgan fingerprint density at radius 1 is 1.15 bits per heavy atom. The molecule has 0 heterocycles. The first-order valence-electron chi connectivity index (χ1n) is 14.1. The van der Waals surface area contributed by atoms with E-state index in [2.05, 4.69) is 19.2 Å². The summed E-state index contributed by atoms with van der Waals surface area (Å²) in [6.45, 7) is 5.31. The van der Waals surface area contributed by atoms with E-state index in [1.54, 1.807) is 14.1 Å². The number of aliphatic hydroxyl groups is 3. The number of phenols is 1. The molecule has 4 atom stereocenters. The van der Waals surface area contributed by atoms with Gasteiger partial charge in [-0.2, -0.15) is 0 Å². The zero-order valence-electron chi connectivity index (χ0n) is 24.6. The lowest BCUT2D eigenvalue weighted by molar-refractivity contribution is -0.148. The van der Waals surface area contributed by atoms with Gasteiger partial charge in [-0.3, -0.25) is 19.3 Å². The van der Waals surface area contributed by atoms with Gasteiger partial charge in [0.2, 0.25) is 5.78 Å². The van der Waals surface area contributed by atoms with Gasteiger partial charge in [0.25, 0.3) is 5.91 Å². The molecule has 0 aliphatic heterocycles. The van der Waals surface area contributed by atoms with Crippen LogP contribution in [0.2, 0.25) is 0 Å². The molecular formula is C30H42N4O7. The number of nitrogens with one attached hydrogen (secondary N) is 1. The number of Topliss-reactive ketones (excluding diaryl/α,β-unsaturated/α-hetero) is 2. The highest BCUT2D eigenvalue weighted by Gasteiger charge is 2.63. The van der Waals surface area contributed by atoms with Crippen molar-refractivity contribution in [2.75, 3.05) is 39.6 Å². The quantitative estimate of drug-likeness (QED) is 0.240. The van der Waals surface area contributed by atoms with Crippen LogP contribution in [0.15, 0.2) is 28.7 Å². The summed E-state index contributed by atoms with van der Waals surface area (Å²) in [5, 5.41) is 48.9. The molecular weight excluding hydrogens is 528 g/mol. The van der Waals surface area contributed by atoms with Crippen molar-refractivity contribution in [2.45, 2.75) is 57.7 Å². The number of nitrogens with zero attached hydrogens (tertiary/aromatic N) is 2. The van der Waals surface area contributed by atoms with Gasteiger partial charge in [0.15, 0.2) is 11.4 Å². The first-order chi connectivity index (χ1) is 19.2. The zero-order valence-corrected chi connectivity index (χ0v) is 24.6. The molecule has 1 amide bonds. The van der Waals surface area contributed by atoms with Crippen molar-refractivity contribution < 1.29 is 34.8 Å².